The van der Waals surface area contributed by atoms with E-state index in [9.17, 15) is 0 Å². The predicted octanol–water partition coefficient (Wildman–Crippen LogP) is 9.46. The second-order valence-corrected chi connectivity index (χ2v) is 14.8. The van der Waals surface area contributed by atoms with Gasteiger partial charge >= 0.3 is 0 Å². The maximum atomic E-state index is 6.37. The molecule has 2 aromatic carbocycles. The lowest BCUT2D eigenvalue weighted by Crippen LogP contribution is -2.54. The van der Waals surface area contributed by atoms with E-state index in [0.717, 1.165) is 47.1 Å². The van der Waals surface area contributed by atoms with Gasteiger partial charge in [-0.15, -0.1) is 0 Å². The van der Waals surface area contributed by atoms with Crippen LogP contribution in [0.2, 0.25) is 0 Å². The summed E-state index contributed by atoms with van der Waals surface area (Å²) in [7, 11) is 0. The first-order valence-corrected chi connectivity index (χ1v) is 15.5. The van der Waals surface area contributed by atoms with E-state index >= 15 is 0 Å². The molecule has 0 bridgehead atoms. The van der Waals surface area contributed by atoms with Crippen molar-refractivity contribution in [3.05, 3.63) is 41.5 Å². The van der Waals surface area contributed by atoms with E-state index in [1.54, 1.807) is 11.1 Å². The summed E-state index contributed by atoms with van der Waals surface area (Å²) < 4.78 is 0. The summed E-state index contributed by atoms with van der Waals surface area (Å²) in [6.07, 6.45) is 15.8. The van der Waals surface area contributed by atoms with Crippen molar-refractivity contribution < 1.29 is 0 Å². The van der Waals surface area contributed by atoms with E-state index in [0.29, 0.717) is 10.8 Å². The van der Waals surface area contributed by atoms with Crippen LogP contribution in [-0.2, 0) is 12.8 Å². The number of rotatable bonds is 5. The molecule has 0 radical (unpaired) electrons. The monoisotopic (exact) mass is 485 g/mol. The molecular weight excluding hydrogens is 434 g/mol. The molecule has 1 heteroatoms. The summed E-state index contributed by atoms with van der Waals surface area (Å²) in [6.45, 7) is 12.8. The highest BCUT2D eigenvalue weighted by molar-refractivity contribution is 5.94. The van der Waals surface area contributed by atoms with Crippen LogP contribution in [0.1, 0.15) is 104 Å². The van der Waals surface area contributed by atoms with Crippen molar-refractivity contribution in [2.75, 3.05) is 5.73 Å². The maximum Gasteiger partial charge on any atom is 0.0393 e. The number of hydrogen-bond donors (Lipinski definition) is 1. The van der Waals surface area contributed by atoms with E-state index in [1.165, 1.54) is 81.4 Å². The van der Waals surface area contributed by atoms with Crippen LogP contribution >= 0.6 is 0 Å². The second kappa shape index (κ2) is 9.06. The number of nitrogen functional groups attached to an aromatic ring is 1. The van der Waals surface area contributed by atoms with Crippen molar-refractivity contribution in [3.63, 3.8) is 0 Å². The molecule has 3 saturated carbocycles. The molecule has 6 rings (SSSR count). The Bertz CT molecular complexity index is 1120. The van der Waals surface area contributed by atoms with Crippen LogP contribution in [0.4, 0.5) is 5.69 Å². The van der Waals surface area contributed by atoms with E-state index in [4.69, 9.17) is 5.73 Å². The number of nitrogens with two attached hydrogens (primary N) is 1. The number of fused-ring (bicyclic) bond motifs is 7. The summed E-state index contributed by atoms with van der Waals surface area (Å²) in [5.41, 5.74) is 11.6. The Morgan fingerprint density at radius 3 is 2.50 bits per heavy atom. The average Bonchev–Trinajstić information content (AvgIpc) is 3.19. The lowest BCUT2D eigenvalue weighted by molar-refractivity contribution is -0.103. The van der Waals surface area contributed by atoms with Crippen molar-refractivity contribution in [2.24, 2.45) is 52.3 Å². The van der Waals surface area contributed by atoms with Gasteiger partial charge in [-0.1, -0.05) is 72.1 Å². The largest absolute Gasteiger partial charge is 0.398 e. The van der Waals surface area contributed by atoms with Gasteiger partial charge in [0.15, 0.2) is 0 Å². The Labute approximate surface area is 221 Å². The Balaban J connectivity index is 1.24. The number of benzene rings is 2. The number of anilines is 1. The zero-order valence-corrected chi connectivity index (χ0v) is 23.8. The molecule has 4 aliphatic carbocycles. The minimum atomic E-state index is 0.478. The Morgan fingerprint density at radius 2 is 1.69 bits per heavy atom. The minimum Gasteiger partial charge on any atom is -0.398 e. The first-order valence-electron chi connectivity index (χ1n) is 15.5. The fourth-order valence-electron chi connectivity index (χ4n) is 10.6. The molecule has 2 aromatic rings. The van der Waals surface area contributed by atoms with Gasteiger partial charge in [-0.2, -0.15) is 0 Å². The van der Waals surface area contributed by atoms with E-state index in [1.807, 2.05) is 0 Å². The van der Waals surface area contributed by atoms with Gasteiger partial charge in [-0.05, 0) is 132 Å². The fraction of sp³-hybridized carbons (Fsp3) is 0.714. The van der Waals surface area contributed by atoms with Gasteiger partial charge < -0.3 is 5.73 Å². The fourth-order valence-corrected chi connectivity index (χ4v) is 10.6. The molecular formula is C35H51N. The standard InChI is InChI=1S/C35H51N/c1-22(2)8-6-9-23(3)30-14-15-31-28-13-12-27-19-25-20-29-24(10-7-11-33(29)36)18-26(25)21-35(27,5)32(28)16-17-34(30,31)4/h7,10-11,18,20,22-23,27-28,30-32H,6,8-9,12-17,19,21,36H2,1-5H3. The Morgan fingerprint density at radius 1 is 0.889 bits per heavy atom. The van der Waals surface area contributed by atoms with Gasteiger partial charge in [0.1, 0.15) is 0 Å². The summed E-state index contributed by atoms with van der Waals surface area (Å²) in [5, 5.41) is 2.60. The van der Waals surface area contributed by atoms with Crippen LogP contribution in [0.5, 0.6) is 0 Å². The van der Waals surface area contributed by atoms with Crippen LogP contribution in [-0.4, -0.2) is 0 Å². The molecule has 0 amide bonds. The molecule has 0 saturated heterocycles. The smallest absolute Gasteiger partial charge is 0.0393 e. The third kappa shape index (κ3) is 3.85. The van der Waals surface area contributed by atoms with Gasteiger partial charge in [-0.25, -0.2) is 0 Å². The van der Waals surface area contributed by atoms with Gasteiger partial charge in [0.05, 0.1) is 0 Å². The highest BCUT2D eigenvalue weighted by Gasteiger charge is 2.60. The molecule has 8 atom stereocenters. The van der Waals surface area contributed by atoms with E-state index in [-0.39, 0.29) is 0 Å². The first kappa shape index (κ1) is 24.8. The maximum absolute atomic E-state index is 6.37. The lowest BCUT2D eigenvalue weighted by atomic mass is 9.44. The zero-order chi connectivity index (χ0) is 25.2. The minimum absolute atomic E-state index is 0.478. The zero-order valence-electron chi connectivity index (χ0n) is 23.8. The average molecular weight is 486 g/mol. The first-order chi connectivity index (χ1) is 17.2. The summed E-state index contributed by atoms with van der Waals surface area (Å²) in [6, 6.07) is 11.4. The van der Waals surface area contributed by atoms with Crippen LogP contribution in [0.25, 0.3) is 10.8 Å². The topological polar surface area (TPSA) is 26.0 Å². The molecule has 0 heterocycles. The quantitative estimate of drug-likeness (QED) is 0.419. The van der Waals surface area contributed by atoms with E-state index in [2.05, 4.69) is 65.0 Å². The van der Waals surface area contributed by atoms with Gasteiger partial charge in [0.2, 0.25) is 0 Å². The second-order valence-electron chi connectivity index (χ2n) is 14.8. The van der Waals surface area contributed by atoms with Crippen molar-refractivity contribution >= 4 is 16.5 Å². The molecule has 0 aromatic heterocycles. The van der Waals surface area contributed by atoms with Crippen molar-refractivity contribution in [2.45, 2.75) is 105 Å². The summed E-state index contributed by atoms with van der Waals surface area (Å²) >= 11 is 0. The van der Waals surface area contributed by atoms with Gasteiger partial charge in [0.25, 0.3) is 0 Å². The highest BCUT2D eigenvalue weighted by atomic mass is 14.6. The molecule has 3 fully saturated rings. The molecule has 8 unspecified atom stereocenters. The molecule has 2 N–H and O–H groups in total. The van der Waals surface area contributed by atoms with Gasteiger partial charge in [0, 0.05) is 11.1 Å². The van der Waals surface area contributed by atoms with Crippen molar-refractivity contribution in [3.8, 4) is 0 Å². The Kier molecular flexibility index (Phi) is 6.24. The normalized spacial score (nSPS) is 38.3. The molecule has 1 nitrogen and oxygen atoms in total. The van der Waals surface area contributed by atoms with Crippen LogP contribution in [0, 0.1) is 52.3 Å². The lowest BCUT2D eigenvalue weighted by Gasteiger charge is -2.61. The SMILES string of the molecule is CC(C)CCCC(C)C1CCC2C3CCC4Cc5cc6c(N)cccc6cc5CC4(C)C3CCC12C. The molecule has 4 aliphatic rings. The molecule has 0 spiro atoms. The van der Waals surface area contributed by atoms with E-state index < -0.39 is 0 Å². The number of hydrogen-bond acceptors (Lipinski definition) is 1. The third-order valence-electron chi connectivity index (χ3n) is 12.5. The van der Waals surface area contributed by atoms with Gasteiger partial charge in [-0.3, -0.25) is 0 Å². The summed E-state index contributed by atoms with van der Waals surface area (Å²) in [4.78, 5) is 0. The van der Waals surface area contributed by atoms with Crippen LogP contribution in [0.3, 0.4) is 0 Å². The van der Waals surface area contributed by atoms with Crippen LogP contribution < -0.4 is 5.73 Å². The summed E-state index contributed by atoms with van der Waals surface area (Å²) in [5.74, 6) is 6.44. The predicted molar refractivity (Wildman–Crippen MR) is 155 cm³/mol. The Hall–Kier alpha value is -1.50. The highest BCUT2D eigenvalue weighted by Crippen LogP contribution is 2.68. The van der Waals surface area contributed by atoms with Crippen molar-refractivity contribution in [1.82, 2.24) is 0 Å². The van der Waals surface area contributed by atoms with Crippen LogP contribution in [0.15, 0.2) is 30.3 Å². The van der Waals surface area contributed by atoms with Crippen molar-refractivity contribution in [1.29, 1.82) is 0 Å². The molecule has 36 heavy (non-hydrogen) atoms. The molecule has 0 aliphatic heterocycles. The third-order valence-corrected chi connectivity index (χ3v) is 12.5. The molecule has 196 valence electrons.